The summed E-state index contributed by atoms with van der Waals surface area (Å²) in [6.45, 7) is 5.45. The lowest BCUT2D eigenvalue weighted by molar-refractivity contribution is -0.132. The number of carbonyl (C=O) groups is 1. The van der Waals surface area contributed by atoms with Crippen LogP contribution in [0.5, 0.6) is 0 Å². The number of thiazole rings is 1. The zero-order valence-corrected chi connectivity index (χ0v) is 13.4. The van der Waals surface area contributed by atoms with Gasteiger partial charge in [-0.2, -0.15) is 0 Å². The Kier molecular flexibility index (Phi) is 4.45. The molecular formula is C15H24N4OS. The number of nitrogens with two attached hydrogens (primary N) is 1. The van der Waals surface area contributed by atoms with Crippen molar-refractivity contribution in [3.8, 4) is 0 Å². The van der Waals surface area contributed by atoms with Gasteiger partial charge in [0.05, 0.1) is 0 Å². The van der Waals surface area contributed by atoms with Gasteiger partial charge in [-0.3, -0.25) is 4.79 Å². The molecule has 1 saturated carbocycles. The van der Waals surface area contributed by atoms with Crippen molar-refractivity contribution in [3.05, 3.63) is 11.1 Å². The van der Waals surface area contributed by atoms with Gasteiger partial charge in [-0.15, -0.1) is 11.3 Å². The molecule has 2 heterocycles. The quantitative estimate of drug-likeness (QED) is 0.921. The molecule has 2 N–H and O–H groups in total. The second-order valence-corrected chi connectivity index (χ2v) is 7.39. The predicted octanol–water partition coefficient (Wildman–Crippen LogP) is 1.62. The van der Waals surface area contributed by atoms with E-state index < -0.39 is 0 Å². The van der Waals surface area contributed by atoms with Gasteiger partial charge < -0.3 is 15.5 Å². The Morgan fingerprint density at radius 1 is 1.38 bits per heavy atom. The smallest absolute Gasteiger partial charge is 0.223 e. The highest BCUT2D eigenvalue weighted by Gasteiger charge is 2.29. The first kappa shape index (κ1) is 14.8. The summed E-state index contributed by atoms with van der Waals surface area (Å²) in [5.74, 6) is 0.685. The van der Waals surface area contributed by atoms with Gasteiger partial charge in [0.15, 0.2) is 5.13 Å². The van der Waals surface area contributed by atoms with E-state index in [4.69, 9.17) is 5.73 Å². The minimum absolute atomic E-state index is 0.230. The standard InChI is InChI=1S/C15H24N4OS/c1-11-10-17-15(21-11)19-7-5-18(6-8-19)14(20)9-12-3-2-4-13(12)16/h10,12-13H,2-9,16H2,1H3/t12-,13+/m0/s1. The number of hydrogen-bond acceptors (Lipinski definition) is 5. The number of amides is 1. The topological polar surface area (TPSA) is 62.5 Å². The monoisotopic (exact) mass is 308 g/mol. The first-order chi connectivity index (χ1) is 10.1. The average molecular weight is 308 g/mol. The molecule has 1 aliphatic carbocycles. The number of hydrogen-bond donors (Lipinski definition) is 1. The summed E-state index contributed by atoms with van der Waals surface area (Å²) in [7, 11) is 0. The van der Waals surface area contributed by atoms with Crippen molar-refractivity contribution in [2.24, 2.45) is 11.7 Å². The molecule has 21 heavy (non-hydrogen) atoms. The van der Waals surface area contributed by atoms with Crippen molar-refractivity contribution in [2.75, 3.05) is 31.1 Å². The van der Waals surface area contributed by atoms with Gasteiger partial charge in [0.1, 0.15) is 0 Å². The molecule has 6 heteroatoms. The summed E-state index contributed by atoms with van der Waals surface area (Å²) in [4.78, 5) is 22.3. The lowest BCUT2D eigenvalue weighted by atomic mass is 9.99. The van der Waals surface area contributed by atoms with Crippen molar-refractivity contribution >= 4 is 22.4 Å². The summed E-state index contributed by atoms with van der Waals surface area (Å²) in [5, 5.41) is 1.08. The maximum Gasteiger partial charge on any atom is 0.223 e. The normalized spacial score (nSPS) is 26.4. The van der Waals surface area contributed by atoms with Crippen LogP contribution in [0, 0.1) is 12.8 Å². The van der Waals surface area contributed by atoms with Gasteiger partial charge in [0.25, 0.3) is 0 Å². The van der Waals surface area contributed by atoms with Gasteiger partial charge in [0.2, 0.25) is 5.91 Å². The molecule has 2 fully saturated rings. The molecule has 1 aliphatic heterocycles. The van der Waals surface area contributed by atoms with Crippen LogP contribution in [0.2, 0.25) is 0 Å². The van der Waals surface area contributed by atoms with E-state index >= 15 is 0 Å². The molecule has 1 aromatic heterocycles. The third-order valence-corrected chi connectivity index (χ3v) is 5.64. The number of carbonyl (C=O) groups excluding carboxylic acids is 1. The van der Waals surface area contributed by atoms with E-state index in [0.717, 1.165) is 44.2 Å². The molecule has 0 radical (unpaired) electrons. The van der Waals surface area contributed by atoms with Crippen LogP contribution < -0.4 is 10.6 Å². The molecule has 2 aliphatic rings. The molecule has 0 unspecified atom stereocenters. The van der Waals surface area contributed by atoms with Crippen LogP contribution in [0.15, 0.2) is 6.20 Å². The van der Waals surface area contributed by atoms with E-state index in [1.807, 2.05) is 11.1 Å². The molecular weight excluding hydrogens is 284 g/mol. The Balaban J connectivity index is 1.50. The lowest BCUT2D eigenvalue weighted by Gasteiger charge is -2.35. The fourth-order valence-electron chi connectivity index (χ4n) is 3.31. The van der Waals surface area contributed by atoms with Crippen LogP contribution in [0.1, 0.15) is 30.6 Å². The van der Waals surface area contributed by atoms with Crippen LogP contribution in [-0.4, -0.2) is 48.0 Å². The molecule has 1 amide bonds. The number of rotatable bonds is 3. The molecule has 1 saturated heterocycles. The minimum atomic E-state index is 0.230. The van der Waals surface area contributed by atoms with Crippen molar-refractivity contribution in [3.63, 3.8) is 0 Å². The van der Waals surface area contributed by atoms with Crippen LogP contribution in [-0.2, 0) is 4.79 Å². The lowest BCUT2D eigenvalue weighted by Crippen LogP contribution is -2.49. The van der Waals surface area contributed by atoms with E-state index in [0.29, 0.717) is 12.3 Å². The minimum Gasteiger partial charge on any atom is -0.345 e. The Morgan fingerprint density at radius 2 is 2.14 bits per heavy atom. The number of anilines is 1. The third-order valence-electron chi connectivity index (χ3n) is 4.67. The summed E-state index contributed by atoms with van der Waals surface area (Å²) in [6, 6.07) is 0.230. The third kappa shape index (κ3) is 3.37. The fourth-order valence-corrected chi connectivity index (χ4v) is 4.12. The Labute approximate surface area is 130 Å². The highest BCUT2D eigenvalue weighted by Crippen LogP contribution is 2.28. The molecule has 3 rings (SSSR count). The highest BCUT2D eigenvalue weighted by molar-refractivity contribution is 7.15. The molecule has 5 nitrogen and oxygen atoms in total. The average Bonchev–Trinajstić information content (AvgIpc) is 3.08. The Bertz CT molecular complexity index is 496. The summed E-state index contributed by atoms with van der Waals surface area (Å²) in [6.07, 6.45) is 5.92. The Morgan fingerprint density at radius 3 is 2.71 bits per heavy atom. The maximum absolute atomic E-state index is 12.4. The van der Waals surface area contributed by atoms with Crippen LogP contribution in [0.3, 0.4) is 0 Å². The maximum atomic E-state index is 12.4. The SMILES string of the molecule is Cc1cnc(N2CCN(C(=O)C[C@@H]3CCC[C@H]3N)CC2)s1. The molecule has 0 aromatic carbocycles. The van der Waals surface area contributed by atoms with Gasteiger partial charge in [-0.25, -0.2) is 4.98 Å². The van der Waals surface area contributed by atoms with E-state index in [2.05, 4.69) is 16.8 Å². The van der Waals surface area contributed by atoms with Gasteiger partial charge >= 0.3 is 0 Å². The second-order valence-electron chi connectivity index (χ2n) is 6.18. The molecule has 1 aromatic rings. The Hall–Kier alpha value is -1.14. The van der Waals surface area contributed by atoms with Gasteiger partial charge in [-0.05, 0) is 25.7 Å². The first-order valence-electron chi connectivity index (χ1n) is 7.84. The van der Waals surface area contributed by atoms with Crippen LogP contribution >= 0.6 is 11.3 Å². The van der Waals surface area contributed by atoms with E-state index in [1.165, 1.54) is 11.3 Å². The van der Waals surface area contributed by atoms with Crippen molar-refractivity contribution in [1.82, 2.24) is 9.88 Å². The van der Waals surface area contributed by atoms with Gasteiger partial charge in [0, 0.05) is 49.7 Å². The molecule has 116 valence electrons. The number of nitrogens with zero attached hydrogens (tertiary/aromatic N) is 3. The number of aryl methyl sites for hydroxylation is 1. The summed E-state index contributed by atoms with van der Waals surface area (Å²) < 4.78 is 0. The number of aromatic nitrogens is 1. The largest absolute Gasteiger partial charge is 0.345 e. The van der Waals surface area contributed by atoms with E-state index in [9.17, 15) is 4.79 Å². The van der Waals surface area contributed by atoms with Crippen molar-refractivity contribution in [1.29, 1.82) is 0 Å². The molecule has 0 spiro atoms. The highest BCUT2D eigenvalue weighted by atomic mass is 32.1. The van der Waals surface area contributed by atoms with E-state index in [-0.39, 0.29) is 11.9 Å². The second kappa shape index (κ2) is 6.32. The zero-order valence-electron chi connectivity index (χ0n) is 12.6. The summed E-state index contributed by atoms with van der Waals surface area (Å²) >= 11 is 1.73. The first-order valence-corrected chi connectivity index (χ1v) is 8.66. The number of piperazine rings is 1. The fraction of sp³-hybridized carbons (Fsp3) is 0.733. The summed E-state index contributed by atoms with van der Waals surface area (Å²) in [5.41, 5.74) is 6.07. The predicted molar refractivity (Wildman–Crippen MR) is 85.6 cm³/mol. The van der Waals surface area contributed by atoms with Crippen LogP contribution in [0.4, 0.5) is 5.13 Å². The van der Waals surface area contributed by atoms with Crippen molar-refractivity contribution < 1.29 is 4.79 Å². The molecule has 2 atom stereocenters. The van der Waals surface area contributed by atoms with Gasteiger partial charge in [-0.1, -0.05) is 6.42 Å². The van der Waals surface area contributed by atoms with Crippen LogP contribution in [0.25, 0.3) is 0 Å². The zero-order chi connectivity index (χ0) is 14.8. The van der Waals surface area contributed by atoms with Crippen molar-refractivity contribution in [2.45, 2.75) is 38.6 Å². The molecule has 0 bridgehead atoms. The van der Waals surface area contributed by atoms with E-state index in [1.54, 1.807) is 11.3 Å².